The van der Waals surface area contributed by atoms with E-state index < -0.39 is 23.6 Å². The molecule has 1 aromatic rings. The van der Waals surface area contributed by atoms with Crippen LogP contribution in [0.2, 0.25) is 0 Å². The normalized spacial score (nSPS) is 17.0. The van der Waals surface area contributed by atoms with Crippen LogP contribution in [0.5, 0.6) is 5.75 Å². The first kappa shape index (κ1) is 16.5. The van der Waals surface area contributed by atoms with E-state index in [0.717, 1.165) is 37.8 Å². The molecule has 2 rings (SSSR count). The molecule has 1 aliphatic rings. The second-order valence-electron chi connectivity index (χ2n) is 5.10. The monoisotopic (exact) mass is 318 g/mol. The summed E-state index contributed by atoms with van der Waals surface area (Å²) >= 11 is 0. The van der Waals surface area contributed by atoms with Crippen LogP contribution in [0.25, 0.3) is 5.83 Å². The van der Waals surface area contributed by atoms with E-state index in [2.05, 4.69) is 0 Å². The Morgan fingerprint density at radius 1 is 0.818 bits per heavy atom. The van der Waals surface area contributed by atoms with Gasteiger partial charge in [0.25, 0.3) is 0 Å². The number of hydrogen-bond acceptors (Lipinski definition) is 1. The van der Waals surface area contributed by atoms with Crippen LogP contribution >= 0.6 is 0 Å². The highest BCUT2D eigenvalue weighted by atomic mass is 19.3. The Morgan fingerprint density at radius 3 is 1.95 bits per heavy atom. The minimum Gasteiger partial charge on any atom is -0.490 e. The van der Waals surface area contributed by atoms with Crippen LogP contribution < -0.4 is 4.74 Å². The second kappa shape index (κ2) is 7.42. The summed E-state index contributed by atoms with van der Waals surface area (Å²) in [5.74, 6) is -5.88. The van der Waals surface area contributed by atoms with Gasteiger partial charge in [0.05, 0.1) is 6.10 Å². The number of rotatable bonds is 4. The molecule has 1 nitrogen and oxygen atoms in total. The zero-order chi connectivity index (χ0) is 16.1. The van der Waals surface area contributed by atoms with Crippen LogP contribution in [0.15, 0.2) is 42.0 Å². The van der Waals surface area contributed by atoms with E-state index in [0.29, 0.717) is 5.75 Å². The Balaban J connectivity index is 2.11. The van der Waals surface area contributed by atoms with Gasteiger partial charge in [-0.1, -0.05) is 6.42 Å². The molecule has 1 aromatic carbocycles. The molecule has 0 saturated heterocycles. The molecule has 0 unspecified atom stereocenters. The maximum atomic E-state index is 13.6. The first-order valence-corrected chi connectivity index (χ1v) is 7.02. The number of benzene rings is 1. The Kier molecular flexibility index (Phi) is 5.57. The number of halogens is 5. The van der Waals surface area contributed by atoms with Crippen LogP contribution in [-0.4, -0.2) is 6.10 Å². The molecule has 0 aliphatic heterocycles. The summed E-state index contributed by atoms with van der Waals surface area (Å²) in [7, 11) is 0. The molecule has 1 fully saturated rings. The largest absolute Gasteiger partial charge is 0.490 e. The standard InChI is InChI=1S/C16H15F5O/c17-13(14(18)15(19)16(20)21)10-6-8-12(9-7-10)22-11-4-2-1-3-5-11/h6-9,11H,1-5H2/b14-13+. The number of hydrogen-bond donors (Lipinski definition) is 0. The van der Waals surface area contributed by atoms with Crippen molar-refractivity contribution in [3.05, 3.63) is 47.6 Å². The molecule has 120 valence electrons. The lowest BCUT2D eigenvalue weighted by atomic mass is 9.98. The summed E-state index contributed by atoms with van der Waals surface area (Å²) in [6.07, 6.45) is 2.44. The van der Waals surface area contributed by atoms with E-state index in [1.807, 2.05) is 0 Å². The smallest absolute Gasteiger partial charge is 0.308 e. The van der Waals surface area contributed by atoms with Crippen molar-refractivity contribution in [3.63, 3.8) is 0 Å². The summed E-state index contributed by atoms with van der Waals surface area (Å²) in [6, 6.07) is 5.14. The van der Waals surface area contributed by atoms with Gasteiger partial charge in [-0.25, -0.2) is 8.78 Å². The highest BCUT2D eigenvalue weighted by Gasteiger charge is 2.19. The zero-order valence-electron chi connectivity index (χ0n) is 11.7. The van der Waals surface area contributed by atoms with Crippen LogP contribution in [0, 0.1) is 0 Å². The van der Waals surface area contributed by atoms with Crippen molar-refractivity contribution in [1.82, 2.24) is 0 Å². The predicted octanol–water partition coefficient (Wildman–Crippen LogP) is 6.08. The maximum Gasteiger partial charge on any atom is 0.308 e. The molecule has 0 spiro atoms. The maximum absolute atomic E-state index is 13.6. The molecule has 22 heavy (non-hydrogen) atoms. The molecule has 1 aliphatic carbocycles. The highest BCUT2D eigenvalue weighted by Crippen LogP contribution is 2.31. The Bertz CT molecular complexity index is 567. The van der Waals surface area contributed by atoms with E-state index in [9.17, 15) is 22.0 Å². The van der Waals surface area contributed by atoms with Crippen molar-refractivity contribution in [2.24, 2.45) is 0 Å². The summed E-state index contributed by atoms with van der Waals surface area (Å²) < 4.78 is 69.0. The summed E-state index contributed by atoms with van der Waals surface area (Å²) in [6.45, 7) is 0. The van der Waals surface area contributed by atoms with E-state index >= 15 is 0 Å². The fourth-order valence-corrected chi connectivity index (χ4v) is 2.36. The van der Waals surface area contributed by atoms with Crippen molar-refractivity contribution in [2.75, 3.05) is 0 Å². The van der Waals surface area contributed by atoms with Gasteiger partial charge < -0.3 is 4.74 Å². The van der Waals surface area contributed by atoms with Crippen molar-refractivity contribution in [2.45, 2.75) is 38.2 Å². The van der Waals surface area contributed by atoms with E-state index in [-0.39, 0.29) is 11.7 Å². The summed E-state index contributed by atoms with van der Waals surface area (Å²) in [4.78, 5) is 0. The lowest BCUT2D eigenvalue weighted by Gasteiger charge is -2.23. The molecule has 0 radical (unpaired) electrons. The Labute approximate surface area is 125 Å². The fraction of sp³-hybridized carbons (Fsp3) is 0.375. The minimum absolute atomic E-state index is 0.0951. The lowest BCUT2D eigenvalue weighted by molar-refractivity contribution is 0.155. The number of ether oxygens (including phenoxy) is 1. The van der Waals surface area contributed by atoms with Gasteiger partial charge in [-0.2, -0.15) is 13.2 Å². The molecule has 0 atom stereocenters. The average molecular weight is 318 g/mol. The Hall–Kier alpha value is -1.85. The molecule has 6 heteroatoms. The van der Waals surface area contributed by atoms with Gasteiger partial charge in [0.15, 0.2) is 5.83 Å². The fourth-order valence-electron chi connectivity index (χ4n) is 2.36. The third-order valence-corrected chi connectivity index (χ3v) is 3.51. The van der Waals surface area contributed by atoms with Gasteiger partial charge in [0.1, 0.15) is 5.75 Å². The molecule has 1 saturated carbocycles. The highest BCUT2D eigenvalue weighted by molar-refractivity contribution is 5.64. The molecule has 0 heterocycles. The zero-order valence-corrected chi connectivity index (χ0v) is 11.7. The van der Waals surface area contributed by atoms with Gasteiger partial charge in [-0.3, -0.25) is 0 Å². The Morgan fingerprint density at radius 2 is 1.41 bits per heavy atom. The molecule has 0 aromatic heterocycles. The van der Waals surface area contributed by atoms with Gasteiger partial charge in [-0.15, -0.1) is 0 Å². The van der Waals surface area contributed by atoms with Crippen LogP contribution in [0.4, 0.5) is 22.0 Å². The lowest BCUT2D eigenvalue weighted by Crippen LogP contribution is -2.19. The predicted molar refractivity (Wildman–Crippen MR) is 73.4 cm³/mol. The SMILES string of the molecule is FC(F)=C(F)/C(F)=C(\F)c1ccc(OC2CCCCC2)cc1. The van der Waals surface area contributed by atoms with Crippen molar-refractivity contribution in [1.29, 1.82) is 0 Å². The van der Waals surface area contributed by atoms with Gasteiger partial charge in [0.2, 0.25) is 11.7 Å². The molecule has 0 N–H and O–H groups in total. The second-order valence-corrected chi connectivity index (χ2v) is 5.10. The van der Waals surface area contributed by atoms with Crippen molar-refractivity contribution >= 4 is 5.83 Å². The average Bonchev–Trinajstić information content (AvgIpc) is 2.54. The first-order chi connectivity index (χ1) is 10.5. The third kappa shape index (κ3) is 4.08. The van der Waals surface area contributed by atoms with Crippen molar-refractivity contribution < 1.29 is 26.7 Å². The van der Waals surface area contributed by atoms with E-state index in [4.69, 9.17) is 4.74 Å². The minimum atomic E-state index is -2.90. The van der Waals surface area contributed by atoms with Crippen LogP contribution in [0.1, 0.15) is 37.7 Å². The van der Waals surface area contributed by atoms with Gasteiger partial charge >= 0.3 is 6.08 Å². The number of allylic oxidation sites excluding steroid dienone is 2. The topological polar surface area (TPSA) is 9.23 Å². The summed E-state index contributed by atoms with van der Waals surface area (Å²) in [5, 5.41) is 0. The molecular weight excluding hydrogens is 303 g/mol. The summed E-state index contributed by atoms with van der Waals surface area (Å²) in [5.41, 5.74) is -0.329. The van der Waals surface area contributed by atoms with Crippen LogP contribution in [-0.2, 0) is 0 Å². The molecular formula is C16H15F5O. The van der Waals surface area contributed by atoms with Crippen molar-refractivity contribution in [3.8, 4) is 5.75 Å². The first-order valence-electron chi connectivity index (χ1n) is 7.02. The molecule has 0 bridgehead atoms. The van der Waals surface area contributed by atoms with Crippen LogP contribution in [0.3, 0.4) is 0 Å². The quantitative estimate of drug-likeness (QED) is 0.482. The van der Waals surface area contributed by atoms with E-state index in [1.165, 1.54) is 18.6 Å². The van der Waals surface area contributed by atoms with E-state index in [1.54, 1.807) is 0 Å². The third-order valence-electron chi connectivity index (χ3n) is 3.51. The van der Waals surface area contributed by atoms with Gasteiger partial charge in [0, 0.05) is 5.56 Å². The van der Waals surface area contributed by atoms with Gasteiger partial charge in [-0.05, 0) is 49.9 Å². The molecule has 0 amide bonds.